The molecule has 26 heavy (non-hydrogen) atoms. The van der Waals surface area contributed by atoms with Gasteiger partial charge in [0, 0.05) is 25.2 Å². The van der Waals surface area contributed by atoms with Gasteiger partial charge >= 0.3 is 6.09 Å². The molecule has 0 saturated carbocycles. The number of amides is 1. The topological polar surface area (TPSA) is 136 Å². The molecule has 1 aliphatic heterocycles. The Labute approximate surface area is 151 Å². The summed E-state index contributed by atoms with van der Waals surface area (Å²) in [5.74, 6) is 0.601. The van der Waals surface area contributed by atoms with Crippen molar-refractivity contribution < 1.29 is 14.5 Å². The van der Waals surface area contributed by atoms with Crippen LogP contribution in [0.3, 0.4) is 0 Å². The fourth-order valence-corrected chi connectivity index (χ4v) is 2.47. The Bertz CT molecular complexity index is 675. The van der Waals surface area contributed by atoms with Gasteiger partial charge in [0.15, 0.2) is 11.8 Å². The van der Waals surface area contributed by atoms with Crippen molar-refractivity contribution in [1.82, 2.24) is 15.2 Å². The van der Waals surface area contributed by atoms with E-state index in [2.05, 4.69) is 15.3 Å². The Morgan fingerprint density at radius 2 is 2.08 bits per heavy atom. The number of nitro groups is 1. The minimum Gasteiger partial charge on any atom is -0.444 e. The molecule has 142 valence electrons. The lowest BCUT2D eigenvalue weighted by Gasteiger charge is -2.33. The van der Waals surface area contributed by atoms with E-state index in [0.29, 0.717) is 37.7 Å². The monoisotopic (exact) mass is 364 g/mol. The zero-order chi connectivity index (χ0) is 19.3. The van der Waals surface area contributed by atoms with Gasteiger partial charge in [0.25, 0.3) is 5.69 Å². The Balaban J connectivity index is 1.86. The van der Waals surface area contributed by atoms with Crippen LogP contribution in [0, 0.1) is 10.1 Å². The van der Waals surface area contributed by atoms with Gasteiger partial charge in [-0.05, 0) is 39.7 Å². The Morgan fingerprint density at radius 3 is 2.58 bits per heavy atom. The van der Waals surface area contributed by atoms with Crippen molar-refractivity contribution >= 4 is 23.6 Å². The highest BCUT2D eigenvalue weighted by Crippen LogP contribution is 2.16. The number of carbonyl (C=O) groups excluding carboxylic acids is 1. The molecule has 10 heteroatoms. The highest BCUT2D eigenvalue weighted by Gasteiger charge is 2.24. The van der Waals surface area contributed by atoms with Crippen molar-refractivity contribution in [1.29, 1.82) is 0 Å². The van der Waals surface area contributed by atoms with Crippen LogP contribution < -0.4 is 11.1 Å². The summed E-state index contributed by atoms with van der Waals surface area (Å²) in [5.41, 5.74) is 5.37. The van der Waals surface area contributed by atoms with Gasteiger partial charge in [-0.1, -0.05) is 0 Å². The standard InChI is InChI=1S/C16H24N6O4/c1-16(2,3)26-15(23)19-11-6-8-21(9-7-11)14(17)20-13-5-4-12(10-18-13)22(24)25/h4-5,10-11H,6-9H2,1-3H3,(H,19,23)(H2,17,18,20). The molecule has 3 N–H and O–H groups in total. The number of likely N-dealkylation sites (tertiary alicyclic amines) is 1. The molecule has 0 unspecified atom stereocenters. The Hall–Kier alpha value is -2.91. The molecule has 2 rings (SSSR count). The maximum absolute atomic E-state index is 11.8. The van der Waals surface area contributed by atoms with Crippen molar-refractivity contribution in [3.05, 3.63) is 28.4 Å². The van der Waals surface area contributed by atoms with Crippen molar-refractivity contribution in [3.63, 3.8) is 0 Å². The van der Waals surface area contributed by atoms with Crippen LogP contribution in [0.15, 0.2) is 23.3 Å². The number of piperidine rings is 1. The molecule has 0 aliphatic carbocycles. The molecular weight excluding hydrogens is 340 g/mol. The van der Waals surface area contributed by atoms with E-state index in [4.69, 9.17) is 10.5 Å². The van der Waals surface area contributed by atoms with Gasteiger partial charge in [-0.15, -0.1) is 0 Å². The number of aliphatic imine (C=N–C) groups is 1. The molecule has 1 fully saturated rings. The highest BCUT2D eigenvalue weighted by atomic mass is 16.6. The SMILES string of the molecule is CC(C)(C)OC(=O)NC1CCN(C(N)=Nc2ccc([N+](=O)[O-])cn2)CC1. The Kier molecular flexibility index (Phi) is 5.96. The van der Waals surface area contributed by atoms with Gasteiger partial charge in [0.05, 0.1) is 4.92 Å². The number of nitrogens with zero attached hydrogens (tertiary/aromatic N) is 4. The van der Waals surface area contributed by atoms with Crippen LogP contribution in [0.1, 0.15) is 33.6 Å². The first-order chi connectivity index (χ1) is 12.1. The van der Waals surface area contributed by atoms with Gasteiger partial charge < -0.3 is 20.7 Å². The van der Waals surface area contributed by atoms with Crippen molar-refractivity contribution in [3.8, 4) is 0 Å². The molecule has 0 radical (unpaired) electrons. The summed E-state index contributed by atoms with van der Waals surface area (Å²) in [7, 11) is 0. The molecule has 0 atom stereocenters. The third kappa shape index (κ3) is 5.87. The fourth-order valence-electron chi connectivity index (χ4n) is 2.47. The van der Waals surface area contributed by atoms with Crippen LogP contribution in [0.4, 0.5) is 16.3 Å². The number of rotatable bonds is 3. The average molecular weight is 364 g/mol. The minimum absolute atomic E-state index is 0.0198. The van der Waals surface area contributed by atoms with Crippen LogP contribution >= 0.6 is 0 Å². The summed E-state index contributed by atoms with van der Waals surface area (Å²) in [4.78, 5) is 31.9. The first-order valence-corrected chi connectivity index (χ1v) is 8.33. The smallest absolute Gasteiger partial charge is 0.407 e. The number of aromatic nitrogens is 1. The molecule has 10 nitrogen and oxygen atoms in total. The predicted molar refractivity (Wildman–Crippen MR) is 96.1 cm³/mol. The summed E-state index contributed by atoms with van der Waals surface area (Å²) >= 11 is 0. The van der Waals surface area contributed by atoms with Crippen LogP contribution in [0.2, 0.25) is 0 Å². The molecule has 1 saturated heterocycles. The summed E-state index contributed by atoms with van der Waals surface area (Å²) in [6.45, 7) is 6.71. The third-order valence-corrected chi connectivity index (χ3v) is 3.71. The maximum atomic E-state index is 11.8. The quantitative estimate of drug-likeness (QED) is 0.362. The van der Waals surface area contributed by atoms with E-state index in [1.807, 2.05) is 25.7 Å². The number of hydrogen-bond acceptors (Lipinski definition) is 6. The lowest BCUT2D eigenvalue weighted by atomic mass is 10.1. The van der Waals surface area contributed by atoms with Gasteiger partial charge in [0.1, 0.15) is 11.8 Å². The number of ether oxygens (including phenoxy) is 1. The first-order valence-electron chi connectivity index (χ1n) is 8.33. The number of guanidine groups is 1. The normalized spacial score (nSPS) is 16.3. The summed E-state index contributed by atoms with van der Waals surface area (Å²) in [6, 6.07) is 2.80. The predicted octanol–water partition coefficient (Wildman–Crippen LogP) is 1.93. The molecule has 1 aromatic rings. The first kappa shape index (κ1) is 19.4. The van der Waals surface area contributed by atoms with Crippen LogP contribution in [0.5, 0.6) is 0 Å². The minimum atomic E-state index is -0.528. The number of alkyl carbamates (subject to hydrolysis) is 1. The number of nitrogens with two attached hydrogens (primary N) is 1. The van der Waals surface area contributed by atoms with E-state index in [9.17, 15) is 14.9 Å². The second-order valence-corrected chi connectivity index (χ2v) is 7.01. The zero-order valence-corrected chi connectivity index (χ0v) is 15.1. The van der Waals surface area contributed by atoms with Gasteiger partial charge in [-0.3, -0.25) is 10.1 Å². The van der Waals surface area contributed by atoms with Crippen LogP contribution in [-0.4, -0.2) is 51.6 Å². The third-order valence-electron chi connectivity index (χ3n) is 3.71. The van der Waals surface area contributed by atoms with Gasteiger partial charge in [-0.25, -0.2) is 9.78 Å². The van der Waals surface area contributed by atoms with Crippen LogP contribution in [0.25, 0.3) is 0 Å². The molecular formula is C16H24N6O4. The van der Waals surface area contributed by atoms with E-state index < -0.39 is 16.6 Å². The van der Waals surface area contributed by atoms with E-state index in [1.54, 1.807) is 0 Å². The second-order valence-electron chi connectivity index (χ2n) is 7.01. The van der Waals surface area contributed by atoms with E-state index in [-0.39, 0.29) is 11.7 Å². The second kappa shape index (κ2) is 7.98. The molecule has 0 bridgehead atoms. The molecule has 0 aromatic carbocycles. The fraction of sp³-hybridized carbons (Fsp3) is 0.562. The molecule has 1 aliphatic rings. The molecule has 0 spiro atoms. The molecule has 1 amide bonds. The lowest BCUT2D eigenvalue weighted by Crippen LogP contribution is -2.49. The number of hydrogen-bond donors (Lipinski definition) is 2. The van der Waals surface area contributed by atoms with E-state index in [1.165, 1.54) is 12.1 Å². The molecule has 1 aromatic heterocycles. The van der Waals surface area contributed by atoms with Gasteiger partial charge in [-0.2, -0.15) is 4.99 Å². The lowest BCUT2D eigenvalue weighted by molar-refractivity contribution is -0.385. The van der Waals surface area contributed by atoms with Crippen molar-refractivity contribution in [2.45, 2.75) is 45.3 Å². The zero-order valence-electron chi connectivity index (χ0n) is 15.1. The van der Waals surface area contributed by atoms with Gasteiger partial charge in [0.2, 0.25) is 0 Å². The number of carbonyl (C=O) groups is 1. The van der Waals surface area contributed by atoms with E-state index >= 15 is 0 Å². The highest BCUT2D eigenvalue weighted by molar-refractivity contribution is 5.80. The summed E-state index contributed by atoms with van der Waals surface area (Å²) in [5, 5.41) is 13.5. The van der Waals surface area contributed by atoms with Crippen LogP contribution in [-0.2, 0) is 4.74 Å². The molecule has 2 heterocycles. The largest absolute Gasteiger partial charge is 0.444 e. The Morgan fingerprint density at radius 1 is 1.42 bits per heavy atom. The summed E-state index contributed by atoms with van der Waals surface area (Å²) in [6.07, 6.45) is 2.14. The number of pyridine rings is 1. The van der Waals surface area contributed by atoms with Crippen molar-refractivity contribution in [2.24, 2.45) is 10.7 Å². The van der Waals surface area contributed by atoms with E-state index in [0.717, 1.165) is 6.20 Å². The maximum Gasteiger partial charge on any atom is 0.407 e. The summed E-state index contributed by atoms with van der Waals surface area (Å²) < 4.78 is 5.25. The number of nitrogens with one attached hydrogen (secondary N) is 1. The van der Waals surface area contributed by atoms with Crippen molar-refractivity contribution in [2.75, 3.05) is 13.1 Å². The average Bonchev–Trinajstić information content (AvgIpc) is 2.54.